The molecule has 0 saturated carbocycles. The van der Waals surface area contributed by atoms with Crippen LogP contribution in [0.25, 0.3) is 0 Å². The maximum atomic E-state index is 12.5. The number of benzene rings is 1. The van der Waals surface area contributed by atoms with Crippen molar-refractivity contribution in [3.63, 3.8) is 0 Å². The lowest BCUT2D eigenvalue weighted by atomic mass is 10.1. The van der Waals surface area contributed by atoms with Gasteiger partial charge in [-0.1, -0.05) is 18.2 Å². The first kappa shape index (κ1) is 19.5. The summed E-state index contributed by atoms with van der Waals surface area (Å²) in [5.74, 6) is 2.56. The van der Waals surface area contributed by atoms with E-state index in [2.05, 4.69) is 14.8 Å². The molecule has 0 spiro atoms. The van der Waals surface area contributed by atoms with Crippen LogP contribution in [-0.2, 0) is 4.79 Å². The molecule has 0 aliphatic carbocycles. The highest BCUT2D eigenvalue weighted by Gasteiger charge is 2.23. The molecule has 2 aliphatic rings. The third-order valence-electron chi connectivity index (χ3n) is 5.53. The number of piperazine rings is 1. The molecule has 154 valence electrons. The number of hydrogen-bond acceptors (Lipinski definition) is 6. The van der Waals surface area contributed by atoms with Crippen molar-refractivity contribution in [3.8, 4) is 5.75 Å². The van der Waals surface area contributed by atoms with E-state index in [1.54, 1.807) is 0 Å². The van der Waals surface area contributed by atoms with E-state index in [9.17, 15) is 4.79 Å². The first-order valence-electron chi connectivity index (χ1n) is 10.5. The average Bonchev–Trinajstić information content (AvgIpc) is 2.78. The summed E-state index contributed by atoms with van der Waals surface area (Å²) in [6.07, 6.45) is 3.70. The fourth-order valence-electron chi connectivity index (χ4n) is 3.87. The van der Waals surface area contributed by atoms with Crippen LogP contribution >= 0.6 is 0 Å². The summed E-state index contributed by atoms with van der Waals surface area (Å²) < 4.78 is 5.60. The second-order valence-corrected chi connectivity index (χ2v) is 7.68. The summed E-state index contributed by atoms with van der Waals surface area (Å²) in [5.41, 5.74) is 0.991. The maximum absolute atomic E-state index is 12.5. The highest BCUT2D eigenvalue weighted by Crippen LogP contribution is 2.21. The molecule has 4 rings (SSSR count). The second kappa shape index (κ2) is 9.11. The summed E-state index contributed by atoms with van der Waals surface area (Å²) in [5, 5.41) is 0. The Morgan fingerprint density at radius 2 is 1.66 bits per heavy atom. The Morgan fingerprint density at radius 3 is 2.38 bits per heavy atom. The van der Waals surface area contributed by atoms with Gasteiger partial charge in [-0.15, -0.1) is 0 Å². The lowest BCUT2D eigenvalue weighted by molar-refractivity contribution is -0.133. The van der Waals surface area contributed by atoms with Crippen molar-refractivity contribution in [1.29, 1.82) is 0 Å². The van der Waals surface area contributed by atoms with E-state index in [0.717, 1.165) is 49.4 Å². The van der Waals surface area contributed by atoms with Gasteiger partial charge >= 0.3 is 0 Å². The van der Waals surface area contributed by atoms with Crippen molar-refractivity contribution in [2.75, 3.05) is 55.7 Å². The third kappa shape index (κ3) is 4.96. The summed E-state index contributed by atoms with van der Waals surface area (Å²) in [6.45, 7) is 7.08. The molecule has 0 radical (unpaired) electrons. The van der Waals surface area contributed by atoms with E-state index in [1.165, 1.54) is 19.3 Å². The number of ether oxygens (including phenoxy) is 1. The zero-order valence-corrected chi connectivity index (χ0v) is 17.1. The zero-order valence-electron chi connectivity index (χ0n) is 17.1. The molecule has 0 bridgehead atoms. The van der Waals surface area contributed by atoms with Gasteiger partial charge in [0.25, 0.3) is 5.91 Å². The molecule has 2 aliphatic heterocycles. The summed E-state index contributed by atoms with van der Waals surface area (Å²) in [4.78, 5) is 28.4. The number of hydrogen-bond donors (Lipinski definition) is 0. The van der Waals surface area contributed by atoms with Crippen molar-refractivity contribution in [3.05, 3.63) is 42.1 Å². The molecular weight excluding hydrogens is 366 g/mol. The standard InChI is InChI=1S/C22H29N5O2/c1-18-16-20(24-22(23-18)27-10-6-3-7-11-27)25-12-14-26(15-13-25)21(28)17-29-19-8-4-2-5-9-19/h2,4-5,8-9,16H,3,6-7,10-15,17H2,1H3. The van der Waals surface area contributed by atoms with Crippen LogP contribution in [0, 0.1) is 6.92 Å². The van der Waals surface area contributed by atoms with Gasteiger partial charge in [0.15, 0.2) is 6.61 Å². The van der Waals surface area contributed by atoms with Crippen molar-refractivity contribution in [1.82, 2.24) is 14.9 Å². The molecule has 0 N–H and O–H groups in total. The van der Waals surface area contributed by atoms with Crippen LogP contribution in [0.3, 0.4) is 0 Å². The van der Waals surface area contributed by atoms with Crippen molar-refractivity contribution >= 4 is 17.7 Å². The quantitative estimate of drug-likeness (QED) is 0.775. The highest BCUT2D eigenvalue weighted by molar-refractivity contribution is 5.78. The first-order chi connectivity index (χ1) is 14.2. The maximum Gasteiger partial charge on any atom is 0.260 e. The predicted octanol–water partition coefficient (Wildman–Crippen LogP) is 2.50. The molecule has 0 unspecified atom stereocenters. The van der Waals surface area contributed by atoms with Gasteiger partial charge in [0, 0.05) is 51.0 Å². The monoisotopic (exact) mass is 395 g/mol. The van der Waals surface area contributed by atoms with Crippen molar-refractivity contribution in [2.45, 2.75) is 26.2 Å². The van der Waals surface area contributed by atoms with Crippen LogP contribution in [0.4, 0.5) is 11.8 Å². The Labute approximate surface area is 172 Å². The summed E-state index contributed by atoms with van der Waals surface area (Å²) >= 11 is 0. The Hall–Kier alpha value is -2.83. The highest BCUT2D eigenvalue weighted by atomic mass is 16.5. The van der Waals surface area contributed by atoms with Gasteiger partial charge in [-0.3, -0.25) is 4.79 Å². The molecule has 7 heteroatoms. The molecule has 1 amide bonds. The molecule has 2 saturated heterocycles. The number of anilines is 2. The molecule has 7 nitrogen and oxygen atoms in total. The number of amides is 1. The average molecular weight is 396 g/mol. The number of aromatic nitrogens is 2. The van der Waals surface area contributed by atoms with E-state index < -0.39 is 0 Å². The van der Waals surface area contributed by atoms with Crippen LogP contribution in [0.15, 0.2) is 36.4 Å². The number of nitrogens with zero attached hydrogens (tertiary/aromatic N) is 5. The lowest BCUT2D eigenvalue weighted by Crippen LogP contribution is -2.50. The third-order valence-corrected chi connectivity index (χ3v) is 5.53. The minimum atomic E-state index is 0.0291. The zero-order chi connectivity index (χ0) is 20.1. The number of para-hydroxylation sites is 1. The van der Waals surface area contributed by atoms with E-state index in [0.29, 0.717) is 13.1 Å². The number of carbonyl (C=O) groups excluding carboxylic acids is 1. The lowest BCUT2D eigenvalue weighted by Gasteiger charge is -2.36. The Morgan fingerprint density at radius 1 is 0.931 bits per heavy atom. The van der Waals surface area contributed by atoms with Gasteiger partial charge < -0.3 is 19.4 Å². The van der Waals surface area contributed by atoms with Crippen molar-refractivity contribution in [2.24, 2.45) is 0 Å². The minimum Gasteiger partial charge on any atom is -0.484 e. The fraction of sp³-hybridized carbons (Fsp3) is 0.500. The topological polar surface area (TPSA) is 61.8 Å². The largest absolute Gasteiger partial charge is 0.484 e. The van der Waals surface area contributed by atoms with Gasteiger partial charge in [-0.25, -0.2) is 4.98 Å². The van der Waals surface area contributed by atoms with Gasteiger partial charge in [0.1, 0.15) is 11.6 Å². The smallest absolute Gasteiger partial charge is 0.260 e. The molecule has 3 heterocycles. The second-order valence-electron chi connectivity index (χ2n) is 7.68. The minimum absolute atomic E-state index is 0.0291. The summed E-state index contributed by atoms with van der Waals surface area (Å²) in [7, 11) is 0. The van der Waals surface area contributed by atoms with E-state index in [4.69, 9.17) is 9.72 Å². The predicted molar refractivity (Wildman–Crippen MR) is 114 cm³/mol. The van der Waals surface area contributed by atoms with Crippen molar-refractivity contribution < 1.29 is 9.53 Å². The number of aryl methyl sites for hydroxylation is 1. The van der Waals surface area contributed by atoms with Gasteiger partial charge in [-0.2, -0.15) is 4.98 Å². The molecule has 1 aromatic carbocycles. The van der Waals surface area contributed by atoms with E-state index in [-0.39, 0.29) is 12.5 Å². The van der Waals surface area contributed by atoms with Gasteiger partial charge in [0.2, 0.25) is 5.95 Å². The fourth-order valence-corrected chi connectivity index (χ4v) is 3.87. The Bertz CT molecular complexity index is 815. The normalized spacial score (nSPS) is 17.3. The van der Waals surface area contributed by atoms with E-state index in [1.807, 2.05) is 48.2 Å². The first-order valence-corrected chi connectivity index (χ1v) is 10.5. The van der Waals surface area contributed by atoms with Crippen LogP contribution in [0.2, 0.25) is 0 Å². The number of piperidine rings is 1. The van der Waals surface area contributed by atoms with Crippen LogP contribution in [0.1, 0.15) is 25.0 Å². The molecule has 0 atom stereocenters. The Kier molecular flexibility index (Phi) is 6.12. The summed E-state index contributed by atoms with van der Waals surface area (Å²) in [6, 6.07) is 11.5. The number of rotatable bonds is 5. The molecular formula is C22H29N5O2. The van der Waals surface area contributed by atoms with Gasteiger partial charge in [0.05, 0.1) is 0 Å². The molecule has 29 heavy (non-hydrogen) atoms. The SMILES string of the molecule is Cc1cc(N2CCN(C(=O)COc3ccccc3)CC2)nc(N2CCCCC2)n1. The van der Waals surface area contributed by atoms with Crippen LogP contribution < -0.4 is 14.5 Å². The van der Waals surface area contributed by atoms with Crippen LogP contribution in [-0.4, -0.2) is 66.7 Å². The Balaban J connectivity index is 1.33. The van der Waals surface area contributed by atoms with E-state index >= 15 is 0 Å². The van der Waals surface area contributed by atoms with Crippen LogP contribution in [0.5, 0.6) is 5.75 Å². The molecule has 2 aromatic rings. The van der Waals surface area contributed by atoms with Gasteiger partial charge in [-0.05, 0) is 38.3 Å². The molecule has 2 fully saturated rings. The number of carbonyl (C=O) groups is 1. The molecule has 1 aromatic heterocycles.